The molecule has 0 fully saturated rings. The molecule has 0 amide bonds. The third-order valence-corrected chi connectivity index (χ3v) is 6.82. The Morgan fingerprint density at radius 3 is 2.50 bits per heavy atom. The molecule has 0 radical (unpaired) electrons. The summed E-state index contributed by atoms with van der Waals surface area (Å²) in [5.74, 6) is 0.422. The number of aryl methyl sites for hydroxylation is 1. The fourth-order valence-corrected chi connectivity index (χ4v) is 4.89. The Balaban J connectivity index is 1.81. The van der Waals surface area contributed by atoms with Crippen LogP contribution in [0.2, 0.25) is 0 Å². The van der Waals surface area contributed by atoms with E-state index in [1.165, 1.54) is 22.3 Å². The molecule has 0 heterocycles. The van der Waals surface area contributed by atoms with E-state index in [-0.39, 0.29) is 6.61 Å². The van der Waals surface area contributed by atoms with Crippen molar-refractivity contribution in [2.75, 3.05) is 12.4 Å². The van der Waals surface area contributed by atoms with Crippen LogP contribution in [-0.4, -0.2) is 23.4 Å². The van der Waals surface area contributed by atoms with Crippen LogP contribution >= 0.6 is 34.4 Å². The first-order chi connectivity index (χ1) is 14.6. The summed E-state index contributed by atoms with van der Waals surface area (Å²) in [6.07, 6.45) is 3.28. The van der Waals surface area contributed by atoms with Gasteiger partial charge in [0.15, 0.2) is 6.61 Å². The van der Waals surface area contributed by atoms with Gasteiger partial charge in [-0.3, -0.25) is 0 Å². The molecule has 0 unspecified atom stereocenters. The van der Waals surface area contributed by atoms with E-state index in [1.807, 2.05) is 24.3 Å². The van der Waals surface area contributed by atoms with Gasteiger partial charge in [0, 0.05) is 14.2 Å². The average molecular weight is 530 g/mol. The van der Waals surface area contributed by atoms with Crippen LogP contribution < -0.4 is 4.74 Å². The Labute approximate surface area is 195 Å². The summed E-state index contributed by atoms with van der Waals surface area (Å²) in [5, 5.41) is 8.75. The van der Waals surface area contributed by atoms with Crippen molar-refractivity contribution < 1.29 is 14.6 Å². The quantitative estimate of drug-likeness (QED) is 0.252. The zero-order valence-corrected chi connectivity index (χ0v) is 19.7. The van der Waals surface area contributed by atoms with Crippen molar-refractivity contribution in [1.29, 1.82) is 0 Å². The van der Waals surface area contributed by atoms with Crippen molar-refractivity contribution in [2.24, 2.45) is 0 Å². The average Bonchev–Trinajstić information content (AvgIpc) is 2.77. The lowest BCUT2D eigenvalue weighted by molar-refractivity contribution is -0.139. The number of carboxylic acid groups (broad SMARTS) is 1. The second-order valence-corrected chi connectivity index (χ2v) is 8.80. The number of hydrogen-bond donors (Lipinski definition) is 1. The fourth-order valence-electron chi connectivity index (χ4n) is 3.14. The Bertz CT molecular complexity index is 1030. The number of benzene rings is 3. The molecule has 3 rings (SSSR count). The first-order valence-corrected chi connectivity index (χ1v) is 11.8. The summed E-state index contributed by atoms with van der Waals surface area (Å²) in [5.41, 5.74) is 5.08. The third-order valence-electron chi connectivity index (χ3n) is 4.57. The van der Waals surface area contributed by atoms with Gasteiger partial charge in [-0.2, -0.15) is 0 Å². The maximum atomic E-state index is 10.7. The van der Waals surface area contributed by atoms with Crippen molar-refractivity contribution in [2.45, 2.75) is 18.2 Å². The minimum atomic E-state index is -0.977. The van der Waals surface area contributed by atoms with Gasteiger partial charge in [-0.15, -0.1) is 11.8 Å². The van der Waals surface area contributed by atoms with Crippen molar-refractivity contribution in [1.82, 2.24) is 0 Å². The molecule has 0 aliphatic carbocycles. The van der Waals surface area contributed by atoms with Gasteiger partial charge in [0.25, 0.3) is 0 Å². The van der Waals surface area contributed by atoms with Gasteiger partial charge >= 0.3 is 5.97 Å². The number of carbonyl (C=O) groups is 1. The van der Waals surface area contributed by atoms with Gasteiger partial charge in [-0.1, -0.05) is 67.6 Å². The Kier molecular flexibility index (Phi) is 8.39. The Morgan fingerprint density at radius 2 is 1.80 bits per heavy atom. The molecule has 5 heteroatoms. The number of halogens is 1. The number of aliphatic carboxylic acids is 1. The SMILES string of the molecule is CCc1ccccc1/C(=C\CSc1ccc(OCC(=O)O)cc1I)c1ccccc1. The molecule has 3 aromatic carbocycles. The van der Waals surface area contributed by atoms with Crippen molar-refractivity contribution in [3.63, 3.8) is 0 Å². The Hall–Kier alpha value is -2.25. The first-order valence-electron chi connectivity index (χ1n) is 9.69. The minimum Gasteiger partial charge on any atom is -0.482 e. The third kappa shape index (κ3) is 6.12. The summed E-state index contributed by atoms with van der Waals surface area (Å²) in [4.78, 5) is 11.8. The predicted octanol–water partition coefficient (Wildman–Crippen LogP) is 6.54. The molecule has 0 saturated carbocycles. The molecule has 0 spiro atoms. The molecule has 1 N–H and O–H groups in total. The highest BCUT2D eigenvalue weighted by molar-refractivity contribution is 14.1. The van der Waals surface area contributed by atoms with Crippen LogP contribution in [0, 0.1) is 3.57 Å². The van der Waals surface area contributed by atoms with Crippen molar-refractivity contribution >= 4 is 45.9 Å². The number of carboxylic acids is 1. The molecule has 0 saturated heterocycles. The van der Waals surface area contributed by atoms with E-state index in [4.69, 9.17) is 9.84 Å². The summed E-state index contributed by atoms with van der Waals surface area (Å²) >= 11 is 4.02. The second-order valence-electron chi connectivity index (χ2n) is 6.58. The maximum Gasteiger partial charge on any atom is 0.341 e. The molecular formula is C25H23IO3S. The molecule has 0 atom stereocenters. The summed E-state index contributed by atoms with van der Waals surface area (Å²) in [7, 11) is 0. The lowest BCUT2D eigenvalue weighted by atomic mass is 9.93. The largest absolute Gasteiger partial charge is 0.482 e. The first kappa shape index (κ1) is 22.4. The molecule has 0 bridgehead atoms. The van der Waals surface area contributed by atoms with Gasteiger partial charge in [0.1, 0.15) is 5.75 Å². The van der Waals surface area contributed by atoms with Crippen LogP contribution in [0.25, 0.3) is 5.57 Å². The number of thioether (sulfide) groups is 1. The summed E-state index contributed by atoms with van der Waals surface area (Å²) in [6.45, 7) is 1.86. The van der Waals surface area contributed by atoms with Crippen LogP contribution in [0.15, 0.2) is 83.8 Å². The van der Waals surface area contributed by atoms with E-state index in [1.54, 1.807) is 11.8 Å². The van der Waals surface area contributed by atoms with Gasteiger partial charge in [0.05, 0.1) is 0 Å². The number of hydrogen-bond acceptors (Lipinski definition) is 3. The normalized spacial score (nSPS) is 11.3. The van der Waals surface area contributed by atoms with Gasteiger partial charge in [0.2, 0.25) is 0 Å². The van der Waals surface area contributed by atoms with E-state index < -0.39 is 5.97 Å². The zero-order valence-electron chi connectivity index (χ0n) is 16.7. The lowest BCUT2D eigenvalue weighted by Crippen LogP contribution is -2.09. The predicted molar refractivity (Wildman–Crippen MR) is 132 cm³/mol. The molecular weight excluding hydrogens is 507 g/mol. The van der Waals surface area contributed by atoms with E-state index >= 15 is 0 Å². The van der Waals surface area contributed by atoms with E-state index in [0.29, 0.717) is 5.75 Å². The second kappa shape index (κ2) is 11.2. The number of ether oxygens (including phenoxy) is 1. The molecule has 3 nitrogen and oxygen atoms in total. The van der Waals surface area contributed by atoms with Gasteiger partial charge in [-0.25, -0.2) is 4.79 Å². The highest BCUT2D eigenvalue weighted by Crippen LogP contribution is 2.31. The topological polar surface area (TPSA) is 46.5 Å². The molecule has 0 aromatic heterocycles. The van der Waals surface area contributed by atoms with E-state index in [9.17, 15) is 4.79 Å². The van der Waals surface area contributed by atoms with Crippen LogP contribution in [0.3, 0.4) is 0 Å². The van der Waals surface area contributed by atoms with Crippen LogP contribution in [-0.2, 0) is 11.2 Å². The molecule has 30 heavy (non-hydrogen) atoms. The Morgan fingerprint density at radius 1 is 1.07 bits per heavy atom. The zero-order chi connectivity index (χ0) is 21.3. The molecule has 3 aromatic rings. The van der Waals surface area contributed by atoms with Gasteiger partial charge < -0.3 is 9.84 Å². The highest BCUT2D eigenvalue weighted by atomic mass is 127. The molecule has 0 aliphatic rings. The van der Waals surface area contributed by atoms with Gasteiger partial charge in [-0.05, 0) is 69.5 Å². The lowest BCUT2D eigenvalue weighted by Gasteiger charge is -2.13. The van der Waals surface area contributed by atoms with E-state index in [2.05, 4.69) is 84.1 Å². The highest BCUT2D eigenvalue weighted by Gasteiger charge is 2.09. The van der Waals surface area contributed by atoms with Crippen molar-refractivity contribution in [3.8, 4) is 5.75 Å². The monoisotopic (exact) mass is 530 g/mol. The number of rotatable bonds is 9. The standard InChI is InChI=1S/C25H23IO3S/c1-2-18-8-6-7-11-21(18)22(19-9-4-3-5-10-19)14-15-30-24-13-12-20(16-23(24)26)29-17-25(27)28/h3-14,16H,2,15,17H2,1H3,(H,27,28)/b22-14-. The molecule has 0 aliphatic heterocycles. The van der Waals surface area contributed by atoms with Crippen LogP contribution in [0.5, 0.6) is 5.75 Å². The summed E-state index contributed by atoms with van der Waals surface area (Å²) in [6, 6.07) is 24.8. The van der Waals surface area contributed by atoms with Crippen LogP contribution in [0.1, 0.15) is 23.6 Å². The van der Waals surface area contributed by atoms with Crippen LogP contribution in [0.4, 0.5) is 0 Å². The smallest absolute Gasteiger partial charge is 0.341 e. The van der Waals surface area contributed by atoms with E-state index in [0.717, 1.165) is 20.6 Å². The van der Waals surface area contributed by atoms with Crippen molar-refractivity contribution in [3.05, 3.63) is 99.1 Å². The summed E-state index contributed by atoms with van der Waals surface area (Å²) < 4.78 is 6.31. The maximum absolute atomic E-state index is 10.7. The molecule has 154 valence electrons. The fraction of sp³-hybridized carbons (Fsp3) is 0.160. The minimum absolute atomic E-state index is 0.331.